The average Bonchev–Trinajstić information content (AvgIpc) is 2.58. The highest BCUT2D eigenvalue weighted by molar-refractivity contribution is 6.30. The second kappa shape index (κ2) is 4.44. The molecule has 1 aromatic rings. The molecule has 2 atom stereocenters. The number of hydrogen-bond acceptors (Lipinski definition) is 2. The Bertz CT molecular complexity index is 391. The molecule has 0 spiro atoms. The fourth-order valence-electron chi connectivity index (χ4n) is 2.04. The predicted molar refractivity (Wildman–Crippen MR) is 62.6 cm³/mol. The van der Waals surface area contributed by atoms with Gasteiger partial charge in [-0.2, -0.15) is 0 Å². The van der Waals surface area contributed by atoms with E-state index >= 15 is 0 Å². The lowest BCUT2D eigenvalue weighted by atomic mass is 10.2. The minimum Gasteiger partial charge on any atom is -0.391 e. The maximum Gasteiger partial charge on any atom is 0.254 e. The third-order valence-corrected chi connectivity index (χ3v) is 3.16. The van der Waals surface area contributed by atoms with Gasteiger partial charge in [0.25, 0.3) is 5.91 Å². The zero-order valence-corrected chi connectivity index (χ0v) is 9.81. The molecular formula is C12H14ClNO2. The minimum atomic E-state index is -0.397. The van der Waals surface area contributed by atoms with E-state index in [4.69, 9.17) is 11.6 Å². The second-order valence-corrected chi connectivity index (χ2v) is 4.64. The third-order valence-electron chi connectivity index (χ3n) is 2.90. The molecule has 0 saturated carbocycles. The summed E-state index contributed by atoms with van der Waals surface area (Å²) < 4.78 is 0. The summed E-state index contributed by atoms with van der Waals surface area (Å²) in [6, 6.07) is 6.92. The number of aliphatic hydroxyl groups excluding tert-OH is 1. The first kappa shape index (κ1) is 11.4. The highest BCUT2D eigenvalue weighted by atomic mass is 35.5. The highest BCUT2D eigenvalue weighted by Gasteiger charge is 2.31. The molecule has 1 amide bonds. The first-order valence-electron chi connectivity index (χ1n) is 5.32. The van der Waals surface area contributed by atoms with Crippen LogP contribution in [-0.2, 0) is 0 Å². The van der Waals surface area contributed by atoms with Gasteiger partial charge in [0, 0.05) is 23.2 Å². The van der Waals surface area contributed by atoms with Crippen molar-refractivity contribution in [1.29, 1.82) is 0 Å². The highest BCUT2D eigenvalue weighted by Crippen LogP contribution is 2.20. The van der Waals surface area contributed by atoms with Gasteiger partial charge < -0.3 is 10.0 Å². The molecule has 4 heteroatoms. The number of benzene rings is 1. The summed E-state index contributed by atoms with van der Waals surface area (Å²) in [5, 5.41) is 10.1. The summed E-state index contributed by atoms with van der Waals surface area (Å²) >= 11 is 5.76. The molecule has 1 aliphatic rings. The standard InChI is InChI=1S/C12H14ClNO2/c1-8-6-11(15)7-14(8)12(16)9-2-4-10(13)5-3-9/h2-5,8,11,15H,6-7H2,1H3/t8-,11-/m0/s1. The van der Waals surface area contributed by atoms with Crippen molar-refractivity contribution in [3.8, 4) is 0 Å². The van der Waals surface area contributed by atoms with Gasteiger partial charge in [0.05, 0.1) is 6.10 Å². The molecule has 0 unspecified atom stereocenters. The van der Waals surface area contributed by atoms with E-state index in [0.29, 0.717) is 23.6 Å². The van der Waals surface area contributed by atoms with Crippen LogP contribution in [0.2, 0.25) is 5.02 Å². The Labute approximate surface area is 99.6 Å². The van der Waals surface area contributed by atoms with Gasteiger partial charge in [-0.1, -0.05) is 11.6 Å². The molecule has 1 fully saturated rings. The van der Waals surface area contributed by atoms with Crippen LogP contribution < -0.4 is 0 Å². The number of nitrogens with zero attached hydrogens (tertiary/aromatic N) is 1. The molecular weight excluding hydrogens is 226 g/mol. The van der Waals surface area contributed by atoms with Crippen molar-refractivity contribution in [2.24, 2.45) is 0 Å². The van der Waals surface area contributed by atoms with Gasteiger partial charge >= 0.3 is 0 Å². The maximum absolute atomic E-state index is 12.1. The van der Waals surface area contributed by atoms with Crippen LogP contribution in [0.1, 0.15) is 23.7 Å². The topological polar surface area (TPSA) is 40.5 Å². The summed E-state index contributed by atoms with van der Waals surface area (Å²) in [6.07, 6.45) is 0.255. The molecule has 0 aromatic heterocycles. The monoisotopic (exact) mass is 239 g/mol. The van der Waals surface area contributed by atoms with Gasteiger partial charge in [0.2, 0.25) is 0 Å². The van der Waals surface area contributed by atoms with Gasteiger partial charge in [-0.15, -0.1) is 0 Å². The van der Waals surface area contributed by atoms with Crippen molar-refractivity contribution >= 4 is 17.5 Å². The van der Waals surface area contributed by atoms with E-state index in [9.17, 15) is 9.90 Å². The quantitative estimate of drug-likeness (QED) is 0.814. The van der Waals surface area contributed by atoms with Gasteiger partial charge in [-0.3, -0.25) is 4.79 Å². The van der Waals surface area contributed by atoms with E-state index in [1.54, 1.807) is 29.2 Å². The molecule has 0 bridgehead atoms. The number of carbonyl (C=O) groups is 1. The number of amides is 1. The maximum atomic E-state index is 12.1. The fraction of sp³-hybridized carbons (Fsp3) is 0.417. The van der Waals surface area contributed by atoms with Crippen LogP contribution in [0, 0.1) is 0 Å². The van der Waals surface area contributed by atoms with Crippen molar-refractivity contribution in [1.82, 2.24) is 4.90 Å². The second-order valence-electron chi connectivity index (χ2n) is 4.20. The van der Waals surface area contributed by atoms with Crippen LogP contribution in [-0.4, -0.2) is 34.6 Å². The van der Waals surface area contributed by atoms with Gasteiger partial charge in [-0.05, 0) is 37.6 Å². The van der Waals surface area contributed by atoms with Crippen molar-refractivity contribution < 1.29 is 9.90 Å². The number of aliphatic hydroxyl groups is 1. The van der Waals surface area contributed by atoms with Crippen LogP contribution in [0.4, 0.5) is 0 Å². The molecule has 1 saturated heterocycles. The molecule has 1 aromatic carbocycles. The smallest absolute Gasteiger partial charge is 0.254 e. The summed E-state index contributed by atoms with van der Waals surface area (Å²) in [6.45, 7) is 2.37. The number of hydrogen-bond donors (Lipinski definition) is 1. The lowest BCUT2D eigenvalue weighted by Gasteiger charge is -2.21. The lowest BCUT2D eigenvalue weighted by molar-refractivity contribution is 0.0726. The van der Waals surface area contributed by atoms with Crippen molar-refractivity contribution in [2.45, 2.75) is 25.5 Å². The molecule has 16 heavy (non-hydrogen) atoms. The summed E-state index contributed by atoms with van der Waals surface area (Å²) in [7, 11) is 0. The van der Waals surface area contributed by atoms with Crippen LogP contribution in [0.3, 0.4) is 0 Å². The average molecular weight is 240 g/mol. The van der Waals surface area contributed by atoms with E-state index in [1.807, 2.05) is 6.92 Å². The van der Waals surface area contributed by atoms with Gasteiger partial charge in [0.15, 0.2) is 0 Å². The van der Waals surface area contributed by atoms with Gasteiger partial charge in [-0.25, -0.2) is 0 Å². The Morgan fingerprint density at radius 1 is 1.44 bits per heavy atom. The van der Waals surface area contributed by atoms with Crippen LogP contribution in [0.25, 0.3) is 0 Å². The Kier molecular flexibility index (Phi) is 3.17. The number of carbonyl (C=O) groups excluding carboxylic acids is 1. The SMILES string of the molecule is C[C@H]1C[C@H](O)CN1C(=O)c1ccc(Cl)cc1. The molecule has 1 N–H and O–H groups in total. The van der Waals surface area contributed by atoms with Crippen LogP contribution in [0.15, 0.2) is 24.3 Å². The van der Waals surface area contributed by atoms with Crippen molar-refractivity contribution in [3.63, 3.8) is 0 Å². The third kappa shape index (κ3) is 2.20. The van der Waals surface area contributed by atoms with E-state index in [2.05, 4.69) is 0 Å². The molecule has 0 aliphatic carbocycles. The molecule has 86 valence electrons. The number of halogens is 1. The Morgan fingerprint density at radius 3 is 2.56 bits per heavy atom. The first-order chi connectivity index (χ1) is 7.58. The Balaban J connectivity index is 2.16. The molecule has 0 radical (unpaired) electrons. The summed E-state index contributed by atoms with van der Waals surface area (Å²) in [5.41, 5.74) is 0.616. The summed E-state index contributed by atoms with van der Waals surface area (Å²) in [5.74, 6) is -0.0410. The van der Waals surface area contributed by atoms with Gasteiger partial charge in [0.1, 0.15) is 0 Å². The Hall–Kier alpha value is -1.06. The largest absolute Gasteiger partial charge is 0.391 e. The summed E-state index contributed by atoms with van der Waals surface area (Å²) in [4.78, 5) is 13.8. The van der Waals surface area contributed by atoms with E-state index < -0.39 is 6.10 Å². The fourth-order valence-corrected chi connectivity index (χ4v) is 2.17. The Morgan fingerprint density at radius 2 is 2.06 bits per heavy atom. The normalized spacial score (nSPS) is 24.8. The van der Waals surface area contributed by atoms with E-state index in [-0.39, 0.29) is 11.9 Å². The molecule has 3 nitrogen and oxygen atoms in total. The zero-order chi connectivity index (χ0) is 11.7. The number of β-amino-alcohol motifs (C(OH)–C–C–N with tert-alkyl or cyclic N) is 1. The number of likely N-dealkylation sites (tertiary alicyclic amines) is 1. The van der Waals surface area contributed by atoms with E-state index in [0.717, 1.165) is 0 Å². The molecule has 1 aliphatic heterocycles. The van der Waals surface area contributed by atoms with E-state index in [1.165, 1.54) is 0 Å². The van der Waals surface area contributed by atoms with Crippen molar-refractivity contribution in [3.05, 3.63) is 34.9 Å². The first-order valence-corrected chi connectivity index (χ1v) is 5.70. The van der Waals surface area contributed by atoms with Crippen LogP contribution in [0.5, 0.6) is 0 Å². The van der Waals surface area contributed by atoms with Crippen LogP contribution >= 0.6 is 11.6 Å². The molecule has 2 rings (SSSR count). The zero-order valence-electron chi connectivity index (χ0n) is 9.06. The molecule has 1 heterocycles. The van der Waals surface area contributed by atoms with Crippen molar-refractivity contribution in [2.75, 3.05) is 6.54 Å². The predicted octanol–water partition coefficient (Wildman–Crippen LogP) is 1.94. The minimum absolute atomic E-state index is 0.0410. The number of rotatable bonds is 1. The lowest BCUT2D eigenvalue weighted by Crippen LogP contribution is -2.34.